The Hall–Kier alpha value is -2.49. The molecule has 1 aliphatic heterocycles. The lowest BCUT2D eigenvalue weighted by atomic mass is 10.1. The molecule has 10 heteroatoms. The van der Waals surface area contributed by atoms with Gasteiger partial charge in [-0.25, -0.2) is 4.39 Å². The highest BCUT2D eigenvalue weighted by Gasteiger charge is 2.34. The van der Waals surface area contributed by atoms with Crippen molar-refractivity contribution in [1.29, 1.82) is 0 Å². The lowest BCUT2D eigenvalue weighted by Crippen LogP contribution is -2.36. The summed E-state index contributed by atoms with van der Waals surface area (Å²) < 4.78 is 53.6. The van der Waals surface area contributed by atoms with E-state index in [1.54, 1.807) is 18.2 Å². The summed E-state index contributed by atoms with van der Waals surface area (Å²) in [5.74, 6) is -0.281. The van der Waals surface area contributed by atoms with E-state index in [4.69, 9.17) is 0 Å². The predicted octanol–water partition coefficient (Wildman–Crippen LogP) is 4.32. The van der Waals surface area contributed by atoms with E-state index < -0.39 is 11.9 Å². The number of anilines is 1. The van der Waals surface area contributed by atoms with Crippen molar-refractivity contribution in [1.82, 2.24) is 20.0 Å². The topological polar surface area (TPSA) is 46.8 Å². The lowest BCUT2D eigenvalue weighted by Gasteiger charge is -2.32. The van der Waals surface area contributed by atoms with E-state index in [2.05, 4.69) is 15.3 Å². The molecule has 5 nitrogen and oxygen atoms in total. The normalized spacial score (nSPS) is 17.9. The second-order valence-corrected chi connectivity index (χ2v) is 7.71. The fourth-order valence-corrected chi connectivity index (χ4v) is 4.18. The maximum absolute atomic E-state index is 13.8. The summed E-state index contributed by atoms with van der Waals surface area (Å²) in [6.07, 6.45) is -1.15. The minimum absolute atomic E-state index is 0.163. The Morgan fingerprint density at radius 2 is 1.96 bits per heavy atom. The van der Waals surface area contributed by atoms with Gasteiger partial charge in [0, 0.05) is 25.7 Å². The van der Waals surface area contributed by atoms with Crippen molar-refractivity contribution in [2.75, 3.05) is 18.0 Å². The molecule has 1 aromatic carbocycles. The Morgan fingerprint density at radius 1 is 1.14 bits per heavy atom. The van der Waals surface area contributed by atoms with Crippen LogP contribution in [0.25, 0.3) is 0 Å². The van der Waals surface area contributed by atoms with E-state index >= 15 is 0 Å². The molecule has 0 spiro atoms. The lowest BCUT2D eigenvalue weighted by molar-refractivity contribution is -0.141. The maximum atomic E-state index is 13.8. The second kappa shape index (κ2) is 7.50. The van der Waals surface area contributed by atoms with Crippen molar-refractivity contribution in [2.45, 2.75) is 31.5 Å². The van der Waals surface area contributed by atoms with Crippen LogP contribution in [-0.4, -0.2) is 33.1 Å². The molecule has 3 heterocycles. The van der Waals surface area contributed by atoms with Crippen molar-refractivity contribution >= 4 is 16.5 Å². The van der Waals surface area contributed by atoms with Crippen LogP contribution in [0.5, 0.6) is 0 Å². The van der Waals surface area contributed by atoms with Crippen LogP contribution in [0.1, 0.15) is 35.1 Å². The summed E-state index contributed by atoms with van der Waals surface area (Å²) in [7, 11) is 0. The first-order valence-electron chi connectivity index (χ1n) is 8.83. The van der Waals surface area contributed by atoms with Gasteiger partial charge in [0.2, 0.25) is 5.13 Å². The van der Waals surface area contributed by atoms with E-state index in [0.717, 1.165) is 25.5 Å². The van der Waals surface area contributed by atoms with Crippen LogP contribution in [0.4, 0.5) is 22.7 Å². The van der Waals surface area contributed by atoms with Gasteiger partial charge in [-0.2, -0.15) is 18.3 Å². The molecule has 1 atom stereocenters. The highest BCUT2D eigenvalue weighted by atomic mass is 32.1. The van der Waals surface area contributed by atoms with Crippen LogP contribution in [0.15, 0.2) is 36.5 Å². The predicted molar refractivity (Wildman–Crippen MR) is 96.8 cm³/mol. The SMILES string of the molecule is Fc1ccccc1Cc1nnc(N2CCCC(n3ccc(C(F)(F)F)n3)C2)s1. The molecule has 0 saturated carbocycles. The van der Waals surface area contributed by atoms with Crippen LogP contribution in [0.3, 0.4) is 0 Å². The van der Waals surface area contributed by atoms with Crippen LogP contribution in [0, 0.1) is 5.82 Å². The number of piperidine rings is 1. The molecule has 3 aromatic rings. The minimum atomic E-state index is -4.44. The Balaban J connectivity index is 1.46. The summed E-state index contributed by atoms with van der Waals surface area (Å²) in [5.41, 5.74) is -0.328. The third-order valence-corrected chi connectivity index (χ3v) is 5.68. The van der Waals surface area contributed by atoms with E-state index in [9.17, 15) is 17.6 Å². The Kier molecular flexibility index (Phi) is 5.05. The first-order chi connectivity index (χ1) is 13.4. The van der Waals surface area contributed by atoms with E-state index in [0.29, 0.717) is 28.7 Å². The molecule has 0 amide bonds. The monoisotopic (exact) mass is 411 g/mol. The van der Waals surface area contributed by atoms with Gasteiger partial charge in [-0.3, -0.25) is 4.68 Å². The molecule has 2 aromatic heterocycles. The van der Waals surface area contributed by atoms with E-state index in [-0.39, 0.29) is 11.9 Å². The van der Waals surface area contributed by atoms with Gasteiger partial charge < -0.3 is 4.90 Å². The van der Waals surface area contributed by atoms with Gasteiger partial charge in [0.05, 0.1) is 6.04 Å². The number of rotatable bonds is 4. The van der Waals surface area contributed by atoms with Crippen LogP contribution in [-0.2, 0) is 12.6 Å². The number of hydrogen-bond acceptors (Lipinski definition) is 5. The van der Waals surface area contributed by atoms with Gasteiger partial charge in [0.25, 0.3) is 0 Å². The summed E-state index contributed by atoms with van der Waals surface area (Å²) >= 11 is 1.38. The zero-order valence-electron chi connectivity index (χ0n) is 14.7. The maximum Gasteiger partial charge on any atom is 0.435 e. The largest absolute Gasteiger partial charge is 0.435 e. The Bertz CT molecular complexity index is 951. The van der Waals surface area contributed by atoms with Crippen molar-refractivity contribution in [3.05, 3.63) is 58.6 Å². The molecule has 0 radical (unpaired) electrons. The summed E-state index contributed by atoms with van der Waals surface area (Å²) in [5, 5.41) is 13.4. The first-order valence-corrected chi connectivity index (χ1v) is 9.65. The van der Waals surface area contributed by atoms with Gasteiger partial charge in [-0.05, 0) is 30.5 Å². The molecule has 1 aliphatic rings. The van der Waals surface area contributed by atoms with Crippen LogP contribution < -0.4 is 4.90 Å². The fourth-order valence-electron chi connectivity index (χ4n) is 3.29. The Labute approximate surface area is 162 Å². The van der Waals surface area contributed by atoms with Gasteiger partial charge >= 0.3 is 6.18 Å². The van der Waals surface area contributed by atoms with Crippen molar-refractivity contribution in [2.24, 2.45) is 0 Å². The fraction of sp³-hybridized carbons (Fsp3) is 0.389. The molecule has 1 unspecified atom stereocenters. The van der Waals surface area contributed by atoms with Crippen molar-refractivity contribution < 1.29 is 17.6 Å². The first kappa shape index (κ1) is 18.9. The van der Waals surface area contributed by atoms with Crippen LogP contribution in [0.2, 0.25) is 0 Å². The average Bonchev–Trinajstić information content (AvgIpc) is 3.33. The zero-order valence-corrected chi connectivity index (χ0v) is 15.5. The summed E-state index contributed by atoms with van der Waals surface area (Å²) in [6, 6.07) is 7.36. The molecule has 0 N–H and O–H groups in total. The molecule has 0 bridgehead atoms. The third-order valence-electron chi connectivity index (χ3n) is 4.70. The summed E-state index contributed by atoms with van der Waals surface area (Å²) in [4.78, 5) is 2.01. The molecule has 0 aliphatic carbocycles. The van der Waals surface area contributed by atoms with E-state index in [1.807, 2.05) is 4.90 Å². The van der Waals surface area contributed by atoms with E-state index in [1.165, 1.54) is 28.3 Å². The molecule has 4 rings (SSSR count). The number of aromatic nitrogens is 4. The van der Waals surface area contributed by atoms with Gasteiger partial charge in [-0.1, -0.05) is 29.5 Å². The number of alkyl halides is 3. The molecule has 148 valence electrons. The number of nitrogens with zero attached hydrogens (tertiary/aromatic N) is 5. The highest BCUT2D eigenvalue weighted by Crippen LogP contribution is 2.31. The highest BCUT2D eigenvalue weighted by molar-refractivity contribution is 7.15. The smallest absolute Gasteiger partial charge is 0.345 e. The van der Waals surface area contributed by atoms with Crippen molar-refractivity contribution in [3.8, 4) is 0 Å². The Morgan fingerprint density at radius 3 is 2.71 bits per heavy atom. The average molecular weight is 411 g/mol. The summed E-state index contributed by atoms with van der Waals surface area (Å²) in [6.45, 7) is 1.26. The molecular weight excluding hydrogens is 394 g/mol. The second-order valence-electron chi connectivity index (χ2n) is 6.67. The molecule has 1 saturated heterocycles. The van der Waals surface area contributed by atoms with Gasteiger partial charge in [-0.15, -0.1) is 10.2 Å². The standard InChI is InChI=1S/C18H17F4N5S/c19-14-6-2-1-4-12(14)10-16-23-24-17(28-16)26-8-3-5-13(11-26)27-9-7-15(25-27)18(20,21)22/h1-2,4,6-7,9,13H,3,5,8,10-11H2. The van der Waals surface area contributed by atoms with Crippen LogP contribution >= 0.6 is 11.3 Å². The molecule has 28 heavy (non-hydrogen) atoms. The van der Waals surface area contributed by atoms with Crippen molar-refractivity contribution in [3.63, 3.8) is 0 Å². The third kappa shape index (κ3) is 4.01. The number of hydrogen-bond donors (Lipinski definition) is 0. The zero-order chi connectivity index (χ0) is 19.7. The molecular formula is C18H17F4N5S. The number of halogens is 4. The number of benzene rings is 1. The molecule has 1 fully saturated rings. The van der Waals surface area contributed by atoms with Gasteiger partial charge in [0.1, 0.15) is 10.8 Å². The van der Waals surface area contributed by atoms with Gasteiger partial charge in [0.15, 0.2) is 5.69 Å². The minimum Gasteiger partial charge on any atom is -0.345 e. The quantitative estimate of drug-likeness (QED) is 0.600.